The molecule has 0 bridgehead atoms. The molecule has 0 saturated carbocycles. The van der Waals surface area contributed by atoms with E-state index in [0.29, 0.717) is 11.8 Å². The summed E-state index contributed by atoms with van der Waals surface area (Å²) in [6.45, 7) is 13.0. The van der Waals surface area contributed by atoms with Crippen LogP contribution >= 0.6 is 0 Å². The van der Waals surface area contributed by atoms with Crippen molar-refractivity contribution < 1.29 is 4.74 Å². The van der Waals surface area contributed by atoms with Crippen LogP contribution in [0.25, 0.3) is 0 Å². The summed E-state index contributed by atoms with van der Waals surface area (Å²) in [4.78, 5) is 0. The molecule has 0 aliphatic rings. The van der Waals surface area contributed by atoms with E-state index in [1.807, 2.05) is 12.2 Å². The summed E-state index contributed by atoms with van der Waals surface area (Å²) in [6.07, 6.45) is 8.13. The number of rotatable bonds is 8. The lowest BCUT2D eigenvalue weighted by molar-refractivity contribution is 0.153. The molecule has 0 fully saturated rings. The van der Waals surface area contributed by atoms with Gasteiger partial charge in [-0.05, 0) is 24.7 Å². The molecule has 0 aromatic rings. The Bertz CT molecular complexity index is 215. The van der Waals surface area contributed by atoms with Crippen molar-refractivity contribution in [2.45, 2.75) is 26.7 Å². The van der Waals surface area contributed by atoms with Crippen LogP contribution in [0.5, 0.6) is 0 Å². The Morgan fingerprint density at radius 2 is 2.00 bits per heavy atom. The highest BCUT2D eigenvalue weighted by Crippen LogP contribution is 2.19. The van der Waals surface area contributed by atoms with Crippen LogP contribution < -0.4 is 0 Å². The van der Waals surface area contributed by atoms with Crippen molar-refractivity contribution in [1.29, 1.82) is 0 Å². The Kier molecular flexibility index (Phi) is 8.02. The number of ether oxygens (including phenoxy) is 1. The molecule has 1 heteroatoms. The number of methoxy groups -OCH3 is 1. The first kappa shape index (κ1) is 14.2. The third-order valence-corrected chi connectivity index (χ3v) is 2.62. The topological polar surface area (TPSA) is 9.23 Å². The van der Waals surface area contributed by atoms with Gasteiger partial charge in [0, 0.05) is 13.7 Å². The van der Waals surface area contributed by atoms with Crippen LogP contribution in [0.3, 0.4) is 0 Å². The molecule has 0 amide bonds. The molecule has 0 rings (SSSR count). The van der Waals surface area contributed by atoms with Gasteiger partial charge in [0.05, 0.1) is 0 Å². The average Bonchev–Trinajstić information content (AvgIpc) is 2.22. The molecule has 0 aromatic carbocycles. The van der Waals surface area contributed by atoms with E-state index in [1.165, 1.54) is 18.4 Å². The molecule has 0 unspecified atom stereocenters. The highest BCUT2D eigenvalue weighted by atomic mass is 16.5. The maximum Gasteiger partial charge on any atom is 0.0487 e. The van der Waals surface area contributed by atoms with E-state index in [2.05, 4.69) is 27.0 Å². The lowest BCUT2D eigenvalue weighted by Crippen LogP contribution is -2.06. The number of hydrogen-bond acceptors (Lipinski definition) is 1. The minimum atomic E-state index is 0.542. The number of allylic oxidation sites excluding steroid dienone is 4. The molecule has 0 heterocycles. The summed E-state index contributed by atoms with van der Waals surface area (Å²) in [6, 6.07) is 0. The Hall–Kier alpha value is -0.820. The minimum Gasteiger partial charge on any atom is -0.384 e. The second-order valence-corrected chi connectivity index (χ2v) is 4.21. The molecular weight excluding hydrogens is 184 g/mol. The normalized spacial score (nSPS) is 15.1. The zero-order chi connectivity index (χ0) is 11.7. The Labute approximate surface area is 94.5 Å². The maximum absolute atomic E-state index is 5.11. The van der Waals surface area contributed by atoms with Crippen LogP contribution in [0.1, 0.15) is 26.7 Å². The summed E-state index contributed by atoms with van der Waals surface area (Å²) in [7, 11) is 1.76. The fraction of sp³-hybridized carbons (Fsp3) is 0.571. The predicted octanol–water partition coefficient (Wildman–Crippen LogP) is 3.98. The zero-order valence-corrected chi connectivity index (χ0v) is 10.3. The summed E-state index contributed by atoms with van der Waals surface area (Å²) in [5.74, 6) is 1.18. The SMILES string of the molecule is C=C/C=C\C(=C)[C@@H](C)CC[C@@H](C)COC. The number of hydrogen-bond donors (Lipinski definition) is 0. The quantitative estimate of drug-likeness (QED) is 0.548. The van der Waals surface area contributed by atoms with Crippen LogP contribution in [0.15, 0.2) is 37.0 Å². The van der Waals surface area contributed by atoms with Gasteiger partial charge in [-0.3, -0.25) is 0 Å². The molecule has 0 aliphatic heterocycles. The average molecular weight is 208 g/mol. The Balaban J connectivity index is 3.82. The largest absolute Gasteiger partial charge is 0.384 e. The summed E-state index contributed by atoms with van der Waals surface area (Å²) in [5, 5.41) is 0. The monoisotopic (exact) mass is 208 g/mol. The first-order chi connectivity index (χ1) is 7.11. The van der Waals surface area contributed by atoms with Crippen molar-refractivity contribution in [2.24, 2.45) is 11.8 Å². The lowest BCUT2D eigenvalue weighted by Gasteiger charge is -2.15. The van der Waals surface area contributed by atoms with Gasteiger partial charge in [0.25, 0.3) is 0 Å². The van der Waals surface area contributed by atoms with Crippen molar-refractivity contribution in [3.05, 3.63) is 37.0 Å². The fourth-order valence-corrected chi connectivity index (χ4v) is 1.44. The van der Waals surface area contributed by atoms with Crippen LogP contribution in [-0.4, -0.2) is 13.7 Å². The highest BCUT2D eigenvalue weighted by molar-refractivity contribution is 5.20. The third-order valence-electron chi connectivity index (χ3n) is 2.62. The van der Waals surface area contributed by atoms with Crippen molar-refractivity contribution in [2.75, 3.05) is 13.7 Å². The predicted molar refractivity (Wildman–Crippen MR) is 67.9 cm³/mol. The summed E-state index contributed by atoms with van der Waals surface area (Å²) < 4.78 is 5.11. The maximum atomic E-state index is 5.11. The van der Waals surface area contributed by atoms with Gasteiger partial charge in [0.1, 0.15) is 0 Å². The molecule has 0 aromatic heterocycles. The van der Waals surface area contributed by atoms with Crippen molar-refractivity contribution >= 4 is 0 Å². The standard InChI is InChI=1S/C14H24O/c1-6-7-8-13(3)14(4)10-9-12(2)11-15-5/h6-8,12,14H,1,3,9-11H2,2,4-5H3/b8-7-/t12-,14+/m1/s1. The van der Waals surface area contributed by atoms with E-state index in [-0.39, 0.29) is 0 Å². The highest BCUT2D eigenvalue weighted by Gasteiger charge is 2.07. The first-order valence-electron chi connectivity index (χ1n) is 5.58. The molecule has 2 atom stereocenters. The van der Waals surface area contributed by atoms with E-state index in [1.54, 1.807) is 13.2 Å². The second kappa shape index (κ2) is 8.49. The van der Waals surface area contributed by atoms with Gasteiger partial charge in [0.15, 0.2) is 0 Å². The molecule has 1 nitrogen and oxygen atoms in total. The van der Waals surface area contributed by atoms with Crippen LogP contribution in [-0.2, 0) is 4.74 Å². The van der Waals surface area contributed by atoms with Gasteiger partial charge in [-0.2, -0.15) is 0 Å². The molecule has 0 N–H and O–H groups in total. The lowest BCUT2D eigenvalue weighted by atomic mass is 9.93. The van der Waals surface area contributed by atoms with Gasteiger partial charge in [0.2, 0.25) is 0 Å². The van der Waals surface area contributed by atoms with E-state index in [4.69, 9.17) is 4.74 Å². The zero-order valence-electron chi connectivity index (χ0n) is 10.3. The molecule has 0 aliphatic carbocycles. The molecule has 15 heavy (non-hydrogen) atoms. The molecule has 0 radical (unpaired) electrons. The molecule has 0 spiro atoms. The fourth-order valence-electron chi connectivity index (χ4n) is 1.44. The third kappa shape index (κ3) is 7.15. The molecule has 0 saturated heterocycles. The van der Waals surface area contributed by atoms with E-state index in [9.17, 15) is 0 Å². The minimum absolute atomic E-state index is 0.542. The van der Waals surface area contributed by atoms with Crippen LogP contribution in [0.4, 0.5) is 0 Å². The van der Waals surface area contributed by atoms with Gasteiger partial charge in [-0.25, -0.2) is 0 Å². The van der Waals surface area contributed by atoms with Gasteiger partial charge >= 0.3 is 0 Å². The second-order valence-electron chi connectivity index (χ2n) is 4.21. The summed E-state index contributed by atoms with van der Waals surface area (Å²) >= 11 is 0. The van der Waals surface area contributed by atoms with E-state index in [0.717, 1.165) is 6.61 Å². The molecule has 86 valence electrons. The van der Waals surface area contributed by atoms with Gasteiger partial charge in [-0.15, -0.1) is 0 Å². The van der Waals surface area contributed by atoms with E-state index < -0.39 is 0 Å². The smallest absolute Gasteiger partial charge is 0.0487 e. The summed E-state index contributed by atoms with van der Waals surface area (Å²) in [5.41, 5.74) is 1.18. The Morgan fingerprint density at radius 1 is 1.33 bits per heavy atom. The molecular formula is C14H24O. The van der Waals surface area contributed by atoms with Gasteiger partial charge < -0.3 is 4.74 Å². The van der Waals surface area contributed by atoms with Crippen molar-refractivity contribution in [1.82, 2.24) is 0 Å². The van der Waals surface area contributed by atoms with Gasteiger partial charge in [-0.1, -0.05) is 50.8 Å². The van der Waals surface area contributed by atoms with Crippen LogP contribution in [0, 0.1) is 11.8 Å². The van der Waals surface area contributed by atoms with Crippen molar-refractivity contribution in [3.8, 4) is 0 Å². The van der Waals surface area contributed by atoms with Crippen LogP contribution in [0.2, 0.25) is 0 Å². The van der Waals surface area contributed by atoms with Crippen molar-refractivity contribution in [3.63, 3.8) is 0 Å². The first-order valence-corrected chi connectivity index (χ1v) is 5.58. The van der Waals surface area contributed by atoms with E-state index >= 15 is 0 Å². The Morgan fingerprint density at radius 3 is 2.53 bits per heavy atom.